The lowest BCUT2D eigenvalue weighted by molar-refractivity contribution is 0.470. The number of nitrogens with zero attached hydrogens (tertiary/aromatic N) is 1. The summed E-state index contributed by atoms with van der Waals surface area (Å²) in [7, 11) is 0. The maximum absolute atomic E-state index is 5.74. The van der Waals surface area contributed by atoms with Gasteiger partial charge >= 0.3 is 0 Å². The standard InChI is InChI=1S/C11H21N3S/c1-3-7-13-10-5-4-9(2)14-11(12)15-8-6-10/h10,13H,2-8H2,1H3,(H2,12,14)/t10-/m1/s1. The second-order valence-electron chi connectivity index (χ2n) is 3.84. The number of allylic oxidation sites excluding steroid dienone is 1. The maximum atomic E-state index is 5.74. The Kier molecular flexibility index (Phi) is 5.79. The Bertz CT molecular complexity index is 238. The van der Waals surface area contributed by atoms with Gasteiger partial charge in [0.15, 0.2) is 5.17 Å². The highest BCUT2D eigenvalue weighted by molar-refractivity contribution is 8.13. The maximum Gasteiger partial charge on any atom is 0.158 e. The molecule has 0 radical (unpaired) electrons. The molecule has 1 rings (SSSR count). The minimum Gasteiger partial charge on any atom is -0.378 e. The summed E-state index contributed by atoms with van der Waals surface area (Å²) >= 11 is 1.63. The smallest absolute Gasteiger partial charge is 0.158 e. The van der Waals surface area contributed by atoms with Crippen LogP contribution in [0.25, 0.3) is 0 Å². The Morgan fingerprint density at radius 3 is 3.13 bits per heavy atom. The van der Waals surface area contributed by atoms with Crippen molar-refractivity contribution in [1.82, 2.24) is 5.32 Å². The molecule has 0 unspecified atom stereocenters. The number of nitrogens with one attached hydrogen (secondary N) is 1. The first kappa shape index (κ1) is 12.6. The van der Waals surface area contributed by atoms with Gasteiger partial charge in [-0.15, -0.1) is 0 Å². The van der Waals surface area contributed by atoms with Crippen LogP contribution in [0.2, 0.25) is 0 Å². The summed E-state index contributed by atoms with van der Waals surface area (Å²) in [6, 6.07) is 0.593. The van der Waals surface area contributed by atoms with E-state index in [0.717, 1.165) is 37.3 Å². The predicted octanol–water partition coefficient (Wildman–Crippen LogP) is 2.10. The Morgan fingerprint density at radius 1 is 1.60 bits per heavy atom. The van der Waals surface area contributed by atoms with E-state index in [4.69, 9.17) is 5.73 Å². The van der Waals surface area contributed by atoms with Crippen molar-refractivity contribution >= 4 is 16.9 Å². The summed E-state index contributed by atoms with van der Waals surface area (Å²) in [5.74, 6) is 1.05. The molecule has 1 heterocycles. The van der Waals surface area contributed by atoms with Crippen molar-refractivity contribution in [2.45, 2.75) is 38.6 Å². The van der Waals surface area contributed by atoms with E-state index in [-0.39, 0.29) is 0 Å². The van der Waals surface area contributed by atoms with E-state index >= 15 is 0 Å². The summed E-state index contributed by atoms with van der Waals surface area (Å²) in [5.41, 5.74) is 6.65. The average molecular weight is 227 g/mol. The molecule has 1 aliphatic heterocycles. The number of hydrogen-bond donors (Lipinski definition) is 2. The van der Waals surface area contributed by atoms with Crippen LogP contribution < -0.4 is 11.1 Å². The molecule has 3 nitrogen and oxygen atoms in total. The molecule has 4 heteroatoms. The molecule has 0 aliphatic carbocycles. The molecule has 0 amide bonds. The van der Waals surface area contributed by atoms with Crippen molar-refractivity contribution in [2.75, 3.05) is 12.3 Å². The second-order valence-corrected chi connectivity index (χ2v) is 4.96. The molecular weight excluding hydrogens is 206 g/mol. The monoisotopic (exact) mass is 227 g/mol. The molecule has 0 bridgehead atoms. The zero-order chi connectivity index (χ0) is 11.1. The first-order valence-electron chi connectivity index (χ1n) is 5.60. The third-order valence-corrected chi connectivity index (χ3v) is 3.28. The van der Waals surface area contributed by atoms with Gasteiger partial charge in [0.1, 0.15) is 0 Å². The van der Waals surface area contributed by atoms with Crippen LogP contribution in [0.4, 0.5) is 0 Å². The van der Waals surface area contributed by atoms with Gasteiger partial charge in [-0.2, -0.15) is 0 Å². The Morgan fingerprint density at radius 2 is 2.40 bits per heavy atom. The van der Waals surface area contributed by atoms with Gasteiger partial charge < -0.3 is 11.1 Å². The molecule has 0 spiro atoms. The van der Waals surface area contributed by atoms with E-state index in [0.29, 0.717) is 11.2 Å². The number of hydrogen-bond acceptors (Lipinski definition) is 4. The van der Waals surface area contributed by atoms with Crippen LogP contribution >= 0.6 is 11.8 Å². The van der Waals surface area contributed by atoms with E-state index in [1.807, 2.05) is 0 Å². The van der Waals surface area contributed by atoms with Gasteiger partial charge in [-0.3, -0.25) is 0 Å². The average Bonchev–Trinajstić information content (AvgIpc) is 2.27. The summed E-state index contributed by atoms with van der Waals surface area (Å²) in [6.07, 6.45) is 4.41. The van der Waals surface area contributed by atoms with Crippen molar-refractivity contribution in [3.8, 4) is 0 Å². The molecular formula is C11H21N3S. The molecule has 0 aromatic rings. The molecule has 0 fully saturated rings. The highest BCUT2D eigenvalue weighted by atomic mass is 32.2. The number of rotatable bonds is 3. The van der Waals surface area contributed by atoms with Crippen LogP contribution in [0.1, 0.15) is 32.6 Å². The SMILES string of the molecule is C=C1CC[C@@H](NCCC)CCSC(N)=N1. The van der Waals surface area contributed by atoms with Crippen molar-refractivity contribution in [2.24, 2.45) is 10.7 Å². The van der Waals surface area contributed by atoms with Crippen molar-refractivity contribution in [3.63, 3.8) is 0 Å². The number of aliphatic imine (C=N–C) groups is 1. The predicted molar refractivity (Wildman–Crippen MR) is 69.2 cm³/mol. The summed E-state index contributed by atoms with van der Waals surface area (Å²) in [4.78, 5) is 4.25. The lowest BCUT2D eigenvalue weighted by atomic mass is 10.1. The molecule has 0 aromatic carbocycles. The fourth-order valence-electron chi connectivity index (χ4n) is 1.59. The minimum absolute atomic E-state index is 0.593. The summed E-state index contributed by atoms with van der Waals surface area (Å²) in [6.45, 7) is 7.20. The van der Waals surface area contributed by atoms with Gasteiger partial charge in [0.05, 0.1) is 0 Å². The largest absolute Gasteiger partial charge is 0.378 e. The lowest BCUT2D eigenvalue weighted by Gasteiger charge is -2.16. The zero-order valence-corrected chi connectivity index (χ0v) is 10.3. The topological polar surface area (TPSA) is 50.4 Å². The van der Waals surface area contributed by atoms with Crippen LogP contribution in [0.3, 0.4) is 0 Å². The van der Waals surface area contributed by atoms with E-state index in [9.17, 15) is 0 Å². The van der Waals surface area contributed by atoms with E-state index < -0.39 is 0 Å². The quantitative estimate of drug-likeness (QED) is 0.776. The highest BCUT2D eigenvalue weighted by Crippen LogP contribution is 2.16. The summed E-state index contributed by atoms with van der Waals surface area (Å²) in [5, 5.41) is 4.22. The lowest BCUT2D eigenvalue weighted by Crippen LogP contribution is -2.30. The molecule has 0 aromatic heterocycles. The van der Waals surface area contributed by atoms with Gasteiger partial charge in [0.25, 0.3) is 0 Å². The normalized spacial score (nSPS) is 23.9. The Hall–Kier alpha value is -0.480. The van der Waals surface area contributed by atoms with Crippen LogP contribution in [0.5, 0.6) is 0 Å². The Balaban J connectivity index is 2.43. The number of thioether (sulfide) groups is 1. The van der Waals surface area contributed by atoms with Crippen LogP contribution in [-0.2, 0) is 0 Å². The van der Waals surface area contributed by atoms with Crippen molar-refractivity contribution in [1.29, 1.82) is 0 Å². The van der Waals surface area contributed by atoms with Gasteiger partial charge in [0.2, 0.25) is 0 Å². The zero-order valence-electron chi connectivity index (χ0n) is 9.46. The van der Waals surface area contributed by atoms with Gasteiger partial charge in [-0.1, -0.05) is 25.3 Å². The first-order valence-corrected chi connectivity index (χ1v) is 6.59. The van der Waals surface area contributed by atoms with Gasteiger partial charge in [0, 0.05) is 17.5 Å². The first-order chi connectivity index (χ1) is 7.22. The third-order valence-electron chi connectivity index (χ3n) is 2.45. The second kappa shape index (κ2) is 6.90. The highest BCUT2D eigenvalue weighted by Gasteiger charge is 2.11. The molecule has 1 atom stereocenters. The molecule has 0 saturated carbocycles. The minimum atomic E-state index is 0.593. The fraction of sp³-hybridized carbons (Fsp3) is 0.727. The van der Waals surface area contributed by atoms with Crippen molar-refractivity contribution < 1.29 is 0 Å². The van der Waals surface area contributed by atoms with Crippen LogP contribution in [0.15, 0.2) is 17.3 Å². The fourth-order valence-corrected chi connectivity index (χ4v) is 2.39. The van der Waals surface area contributed by atoms with E-state index in [1.165, 1.54) is 6.42 Å². The van der Waals surface area contributed by atoms with Crippen LogP contribution in [-0.4, -0.2) is 23.5 Å². The van der Waals surface area contributed by atoms with Crippen molar-refractivity contribution in [3.05, 3.63) is 12.3 Å². The number of amidine groups is 1. The third kappa shape index (κ3) is 5.23. The molecule has 86 valence electrons. The van der Waals surface area contributed by atoms with E-state index in [1.54, 1.807) is 11.8 Å². The summed E-state index contributed by atoms with van der Waals surface area (Å²) < 4.78 is 0. The van der Waals surface area contributed by atoms with Gasteiger partial charge in [-0.25, -0.2) is 4.99 Å². The molecule has 15 heavy (non-hydrogen) atoms. The molecule has 0 saturated heterocycles. The van der Waals surface area contributed by atoms with Gasteiger partial charge in [-0.05, 0) is 32.2 Å². The molecule has 3 N–H and O–H groups in total. The number of nitrogens with two attached hydrogens (primary N) is 1. The van der Waals surface area contributed by atoms with Crippen LogP contribution in [0, 0.1) is 0 Å². The van der Waals surface area contributed by atoms with E-state index in [2.05, 4.69) is 23.8 Å². The molecule has 1 aliphatic rings. The Labute approximate surface area is 96.6 Å².